The van der Waals surface area contributed by atoms with Crippen molar-refractivity contribution in [3.63, 3.8) is 0 Å². The highest BCUT2D eigenvalue weighted by molar-refractivity contribution is 6.32. The van der Waals surface area contributed by atoms with Gasteiger partial charge < -0.3 is 9.64 Å². The van der Waals surface area contributed by atoms with Crippen LogP contribution < -0.4 is 4.90 Å². The molecular weight excluding hydrogens is 312 g/mol. The molecule has 3 rings (SSSR count). The number of rotatable bonds is 3. The monoisotopic (exact) mass is 328 g/mol. The van der Waals surface area contributed by atoms with E-state index in [1.165, 1.54) is 0 Å². The fourth-order valence-corrected chi connectivity index (χ4v) is 2.78. The van der Waals surface area contributed by atoms with E-state index in [-0.39, 0.29) is 5.91 Å². The van der Waals surface area contributed by atoms with Gasteiger partial charge in [0, 0.05) is 29.8 Å². The third kappa shape index (κ3) is 3.00. The third-order valence-corrected chi connectivity index (χ3v) is 3.97. The van der Waals surface area contributed by atoms with E-state index in [2.05, 4.69) is 4.99 Å². The van der Waals surface area contributed by atoms with Crippen LogP contribution in [0.3, 0.4) is 0 Å². The Bertz CT molecular complexity index is 759. The first-order valence-corrected chi connectivity index (χ1v) is 7.82. The first-order valence-electron chi connectivity index (χ1n) is 7.44. The molecule has 1 atom stereocenters. The summed E-state index contributed by atoms with van der Waals surface area (Å²) in [5, 5.41) is 0.600. The zero-order valence-corrected chi connectivity index (χ0v) is 13.7. The quantitative estimate of drug-likeness (QED) is 0.865. The highest BCUT2D eigenvalue weighted by atomic mass is 35.5. The normalized spacial score (nSPS) is 17.5. The fraction of sp³-hybridized carbons (Fsp3) is 0.222. The fourth-order valence-electron chi connectivity index (χ4n) is 2.61. The van der Waals surface area contributed by atoms with E-state index in [0.717, 1.165) is 16.8 Å². The molecule has 1 amide bonds. The summed E-state index contributed by atoms with van der Waals surface area (Å²) in [7, 11) is 1.73. The van der Waals surface area contributed by atoms with E-state index in [9.17, 15) is 4.79 Å². The minimum atomic E-state index is -0.855. The van der Waals surface area contributed by atoms with Gasteiger partial charge in [0.1, 0.15) is 0 Å². The molecule has 1 aliphatic rings. The van der Waals surface area contributed by atoms with Gasteiger partial charge in [-0.05, 0) is 25.1 Å². The van der Waals surface area contributed by atoms with Crippen molar-refractivity contribution in [3.8, 4) is 0 Å². The Morgan fingerprint density at radius 3 is 2.65 bits per heavy atom. The largest absolute Gasteiger partial charge is 0.348 e. The maximum absolute atomic E-state index is 12.6. The van der Waals surface area contributed by atoms with Crippen LogP contribution in [0.5, 0.6) is 0 Å². The van der Waals surface area contributed by atoms with Crippen molar-refractivity contribution in [1.82, 2.24) is 0 Å². The predicted molar refractivity (Wildman–Crippen MR) is 92.4 cm³/mol. The van der Waals surface area contributed by atoms with Crippen molar-refractivity contribution in [2.75, 3.05) is 18.6 Å². The Morgan fingerprint density at radius 1 is 1.22 bits per heavy atom. The first kappa shape index (κ1) is 15.7. The van der Waals surface area contributed by atoms with Gasteiger partial charge in [-0.3, -0.25) is 4.79 Å². The Labute approximate surface area is 140 Å². The van der Waals surface area contributed by atoms with Gasteiger partial charge in [-0.15, -0.1) is 0 Å². The first-order chi connectivity index (χ1) is 11.1. The molecule has 1 aliphatic heterocycles. The van der Waals surface area contributed by atoms with Gasteiger partial charge >= 0.3 is 0 Å². The summed E-state index contributed by atoms with van der Waals surface area (Å²) < 4.78 is 5.55. The molecule has 23 heavy (non-hydrogen) atoms. The minimum absolute atomic E-state index is 0.193. The van der Waals surface area contributed by atoms with Gasteiger partial charge in [-0.2, -0.15) is 0 Å². The summed E-state index contributed by atoms with van der Waals surface area (Å²) in [4.78, 5) is 18.8. The van der Waals surface area contributed by atoms with E-state index < -0.39 is 6.23 Å². The molecule has 0 aliphatic carbocycles. The highest BCUT2D eigenvalue weighted by Crippen LogP contribution is 2.30. The average molecular weight is 329 g/mol. The second-order valence-corrected chi connectivity index (χ2v) is 5.65. The van der Waals surface area contributed by atoms with Crippen LogP contribution in [-0.4, -0.2) is 31.5 Å². The smallest absolute Gasteiger partial charge is 0.278 e. The van der Waals surface area contributed by atoms with E-state index in [1.807, 2.05) is 49.4 Å². The summed E-state index contributed by atoms with van der Waals surface area (Å²) >= 11 is 6.17. The van der Waals surface area contributed by atoms with Gasteiger partial charge in [0.05, 0.1) is 11.4 Å². The number of carbonyl (C=O) groups is 1. The molecule has 0 aromatic heterocycles. The van der Waals surface area contributed by atoms with Crippen molar-refractivity contribution in [3.05, 3.63) is 64.7 Å². The minimum Gasteiger partial charge on any atom is -0.348 e. The molecule has 0 saturated carbocycles. The molecule has 0 saturated heterocycles. The molecule has 0 N–H and O–H groups in total. The van der Waals surface area contributed by atoms with Crippen LogP contribution in [-0.2, 0) is 9.53 Å². The number of carbonyl (C=O) groups excluding carboxylic acids is 1. The molecule has 118 valence electrons. The number of likely N-dealkylation sites (N-methyl/N-ethyl adjacent to an activating group) is 1. The van der Waals surface area contributed by atoms with Crippen molar-refractivity contribution in [2.24, 2.45) is 4.99 Å². The summed E-state index contributed by atoms with van der Waals surface area (Å²) in [6.45, 7) is 2.26. The number of nitrogens with zero attached hydrogens (tertiary/aromatic N) is 2. The van der Waals surface area contributed by atoms with E-state index in [1.54, 1.807) is 18.0 Å². The number of benzene rings is 2. The number of ether oxygens (including phenoxy) is 1. The van der Waals surface area contributed by atoms with Gasteiger partial charge in [-0.25, -0.2) is 4.99 Å². The van der Waals surface area contributed by atoms with E-state index >= 15 is 0 Å². The van der Waals surface area contributed by atoms with Crippen LogP contribution in [0.25, 0.3) is 0 Å². The van der Waals surface area contributed by atoms with Crippen molar-refractivity contribution >= 4 is 28.9 Å². The number of hydrogen-bond donors (Lipinski definition) is 0. The van der Waals surface area contributed by atoms with Gasteiger partial charge in [-0.1, -0.05) is 41.9 Å². The molecule has 0 bridgehead atoms. The topological polar surface area (TPSA) is 41.9 Å². The molecule has 1 heterocycles. The van der Waals surface area contributed by atoms with Crippen LogP contribution in [0, 0.1) is 0 Å². The molecule has 2 aromatic rings. The SMILES string of the molecule is CCOC1N=C(c2ccccc2)c2cc(Cl)ccc2N(C)C1=O. The summed E-state index contributed by atoms with van der Waals surface area (Å²) in [6, 6.07) is 15.2. The number of benzodiazepines with no additional fused rings is 1. The number of hydrogen-bond acceptors (Lipinski definition) is 3. The number of halogens is 1. The van der Waals surface area contributed by atoms with Crippen LogP contribution >= 0.6 is 11.6 Å². The standard InChI is InChI=1S/C18H17ClN2O2/c1-3-23-17-18(22)21(2)15-10-9-13(19)11-14(15)16(20-17)12-7-5-4-6-8-12/h4-11,17H,3H2,1-2H3. The van der Waals surface area contributed by atoms with E-state index in [0.29, 0.717) is 17.3 Å². The molecule has 1 unspecified atom stereocenters. The lowest BCUT2D eigenvalue weighted by atomic mass is 10.0. The summed E-state index contributed by atoms with van der Waals surface area (Å²) in [6.07, 6.45) is -0.855. The summed E-state index contributed by atoms with van der Waals surface area (Å²) in [5.74, 6) is -0.193. The lowest BCUT2D eigenvalue weighted by molar-refractivity contribution is -0.128. The lowest BCUT2D eigenvalue weighted by Crippen LogP contribution is -2.36. The molecule has 4 nitrogen and oxygen atoms in total. The molecule has 2 aromatic carbocycles. The maximum Gasteiger partial charge on any atom is 0.278 e. The van der Waals surface area contributed by atoms with Crippen LogP contribution in [0.2, 0.25) is 5.02 Å². The zero-order valence-electron chi connectivity index (χ0n) is 13.0. The van der Waals surface area contributed by atoms with E-state index in [4.69, 9.17) is 16.3 Å². The van der Waals surface area contributed by atoms with Crippen LogP contribution in [0.1, 0.15) is 18.1 Å². The maximum atomic E-state index is 12.6. The molecule has 0 spiro atoms. The molecule has 5 heteroatoms. The van der Waals surface area contributed by atoms with Crippen molar-refractivity contribution in [2.45, 2.75) is 13.2 Å². The zero-order chi connectivity index (χ0) is 16.4. The van der Waals surface area contributed by atoms with Crippen LogP contribution in [0.4, 0.5) is 5.69 Å². The van der Waals surface area contributed by atoms with Crippen molar-refractivity contribution in [1.29, 1.82) is 0 Å². The predicted octanol–water partition coefficient (Wildman–Crippen LogP) is 3.52. The Kier molecular flexibility index (Phi) is 4.46. The highest BCUT2D eigenvalue weighted by Gasteiger charge is 2.30. The van der Waals surface area contributed by atoms with Gasteiger partial charge in [0.2, 0.25) is 6.23 Å². The van der Waals surface area contributed by atoms with Crippen molar-refractivity contribution < 1.29 is 9.53 Å². The van der Waals surface area contributed by atoms with Crippen LogP contribution in [0.15, 0.2) is 53.5 Å². The Hall–Kier alpha value is -2.17. The lowest BCUT2D eigenvalue weighted by Gasteiger charge is -2.20. The Morgan fingerprint density at radius 2 is 1.96 bits per heavy atom. The molecule has 0 radical (unpaired) electrons. The second kappa shape index (κ2) is 6.52. The second-order valence-electron chi connectivity index (χ2n) is 5.21. The number of anilines is 1. The Balaban J connectivity index is 2.23. The number of fused-ring (bicyclic) bond motifs is 1. The number of amides is 1. The van der Waals surface area contributed by atoms with Gasteiger partial charge in [0.15, 0.2) is 0 Å². The number of aliphatic imine (C=N–C) groups is 1. The van der Waals surface area contributed by atoms with Gasteiger partial charge in [0.25, 0.3) is 5.91 Å². The molecular formula is C18H17ClN2O2. The molecule has 0 fully saturated rings. The average Bonchev–Trinajstić information content (AvgIpc) is 2.66. The third-order valence-electron chi connectivity index (χ3n) is 3.74. The summed E-state index contributed by atoms with van der Waals surface area (Å²) in [5.41, 5.74) is 3.22.